The zero-order chi connectivity index (χ0) is 13.2. The summed E-state index contributed by atoms with van der Waals surface area (Å²) in [5, 5.41) is 0. The van der Waals surface area contributed by atoms with Crippen molar-refractivity contribution in [1.29, 1.82) is 0 Å². The van der Waals surface area contributed by atoms with Gasteiger partial charge in [-0.3, -0.25) is 4.79 Å². The van der Waals surface area contributed by atoms with Crippen LogP contribution in [0.5, 0.6) is 0 Å². The summed E-state index contributed by atoms with van der Waals surface area (Å²) >= 11 is 0. The second-order valence-corrected chi connectivity index (χ2v) is 4.89. The van der Waals surface area contributed by atoms with E-state index in [1.807, 2.05) is 27.7 Å². The van der Waals surface area contributed by atoms with E-state index < -0.39 is 5.54 Å². The molecule has 0 aromatic heterocycles. The number of urea groups is 1. The van der Waals surface area contributed by atoms with Gasteiger partial charge < -0.3 is 14.7 Å². The van der Waals surface area contributed by atoms with Gasteiger partial charge in [-0.25, -0.2) is 4.79 Å². The van der Waals surface area contributed by atoms with E-state index in [-0.39, 0.29) is 11.9 Å². The molecule has 0 aromatic rings. The number of hydrogen-bond donors (Lipinski definition) is 0. The molecular formula is C12H23N3O2. The average Bonchev–Trinajstić information content (AvgIpc) is 2.27. The van der Waals surface area contributed by atoms with Gasteiger partial charge >= 0.3 is 6.03 Å². The normalized spacial score (nSPS) is 19.5. The number of carbonyl (C=O) groups excluding carboxylic acids is 2. The van der Waals surface area contributed by atoms with Crippen LogP contribution in [0, 0.1) is 0 Å². The second kappa shape index (κ2) is 4.94. The molecule has 3 amide bonds. The largest absolute Gasteiger partial charge is 0.342 e. The smallest absolute Gasteiger partial charge is 0.320 e. The Balaban J connectivity index is 2.91. The number of likely N-dealkylation sites (N-methyl/N-ethyl adjacent to an activating group) is 1. The number of carbonyl (C=O) groups is 2. The zero-order valence-corrected chi connectivity index (χ0v) is 11.5. The summed E-state index contributed by atoms with van der Waals surface area (Å²) in [6.45, 7) is 10.1. The molecule has 0 aliphatic carbocycles. The lowest BCUT2D eigenvalue weighted by atomic mass is 9.98. The molecule has 1 fully saturated rings. The Labute approximate surface area is 103 Å². The standard InChI is InChI=1S/C12H23N3O2/c1-6-14(7-2)11(17)15-9-8-13(5)10(16)12(15,3)4/h6-9H2,1-5H3. The molecule has 0 radical (unpaired) electrons. The van der Waals surface area contributed by atoms with E-state index in [1.54, 1.807) is 21.7 Å². The Morgan fingerprint density at radius 1 is 1.29 bits per heavy atom. The molecule has 1 aliphatic heterocycles. The van der Waals surface area contributed by atoms with E-state index in [1.165, 1.54) is 0 Å². The molecule has 1 heterocycles. The molecule has 1 saturated heterocycles. The highest BCUT2D eigenvalue weighted by Gasteiger charge is 2.43. The Hall–Kier alpha value is -1.26. The number of nitrogens with zero attached hydrogens (tertiary/aromatic N) is 3. The van der Waals surface area contributed by atoms with Gasteiger partial charge in [-0.1, -0.05) is 0 Å². The summed E-state index contributed by atoms with van der Waals surface area (Å²) in [6.07, 6.45) is 0. The Morgan fingerprint density at radius 2 is 1.82 bits per heavy atom. The van der Waals surface area contributed by atoms with E-state index in [9.17, 15) is 9.59 Å². The molecule has 1 rings (SSSR count). The molecule has 5 nitrogen and oxygen atoms in total. The molecule has 0 spiro atoms. The first-order chi connectivity index (χ1) is 7.86. The molecule has 0 bridgehead atoms. The lowest BCUT2D eigenvalue weighted by Crippen LogP contribution is -2.65. The van der Waals surface area contributed by atoms with Gasteiger partial charge in [0.25, 0.3) is 0 Å². The van der Waals surface area contributed by atoms with Gasteiger partial charge in [0.1, 0.15) is 5.54 Å². The van der Waals surface area contributed by atoms with E-state index in [2.05, 4.69) is 0 Å². The summed E-state index contributed by atoms with van der Waals surface area (Å²) < 4.78 is 0. The fraction of sp³-hybridized carbons (Fsp3) is 0.833. The number of piperazine rings is 1. The van der Waals surface area contributed by atoms with Crippen LogP contribution in [0.3, 0.4) is 0 Å². The van der Waals surface area contributed by atoms with Crippen molar-refractivity contribution in [2.45, 2.75) is 33.2 Å². The summed E-state index contributed by atoms with van der Waals surface area (Å²) in [5.74, 6) is 0.00394. The topological polar surface area (TPSA) is 43.9 Å². The molecule has 17 heavy (non-hydrogen) atoms. The third-order valence-corrected chi connectivity index (χ3v) is 3.47. The molecule has 5 heteroatoms. The van der Waals surface area contributed by atoms with Crippen molar-refractivity contribution in [2.24, 2.45) is 0 Å². The summed E-state index contributed by atoms with van der Waals surface area (Å²) in [4.78, 5) is 29.5. The first kappa shape index (κ1) is 13.8. The third kappa shape index (κ3) is 2.37. The van der Waals surface area contributed by atoms with Crippen LogP contribution in [0.4, 0.5) is 4.79 Å². The minimum absolute atomic E-state index is 0.00394. The second-order valence-electron chi connectivity index (χ2n) is 4.89. The maximum Gasteiger partial charge on any atom is 0.320 e. The van der Waals surface area contributed by atoms with Gasteiger partial charge in [0, 0.05) is 33.2 Å². The van der Waals surface area contributed by atoms with Crippen molar-refractivity contribution in [3.63, 3.8) is 0 Å². The quantitative estimate of drug-likeness (QED) is 0.724. The van der Waals surface area contributed by atoms with Crippen LogP contribution in [0.25, 0.3) is 0 Å². The monoisotopic (exact) mass is 241 g/mol. The van der Waals surface area contributed by atoms with Crippen LogP contribution in [-0.4, -0.2) is 65.4 Å². The van der Waals surface area contributed by atoms with Crippen LogP contribution in [0.1, 0.15) is 27.7 Å². The SMILES string of the molecule is CCN(CC)C(=O)N1CCN(C)C(=O)C1(C)C. The Morgan fingerprint density at radius 3 is 2.29 bits per heavy atom. The minimum Gasteiger partial charge on any atom is -0.342 e. The predicted octanol–water partition coefficient (Wildman–Crippen LogP) is 1.00. The van der Waals surface area contributed by atoms with Gasteiger partial charge in [0.2, 0.25) is 5.91 Å². The van der Waals surface area contributed by atoms with Gasteiger partial charge in [-0.15, -0.1) is 0 Å². The molecule has 0 unspecified atom stereocenters. The number of amides is 3. The molecular weight excluding hydrogens is 218 g/mol. The lowest BCUT2D eigenvalue weighted by Gasteiger charge is -2.46. The highest BCUT2D eigenvalue weighted by Crippen LogP contribution is 2.23. The van der Waals surface area contributed by atoms with Crippen molar-refractivity contribution in [2.75, 3.05) is 33.2 Å². The van der Waals surface area contributed by atoms with Crippen molar-refractivity contribution < 1.29 is 9.59 Å². The van der Waals surface area contributed by atoms with Crippen molar-refractivity contribution in [3.05, 3.63) is 0 Å². The summed E-state index contributed by atoms with van der Waals surface area (Å²) in [7, 11) is 1.78. The summed E-state index contributed by atoms with van der Waals surface area (Å²) in [6, 6.07) is -0.0403. The first-order valence-corrected chi connectivity index (χ1v) is 6.18. The molecule has 0 aromatic carbocycles. The van der Waals surface area contributed by atoms with E-state index in [4.69, 9.17) is 0 Å². The number of hydrogen-bond acceptors (Lipinski definition) is 2. The van der Waals surface area contributed by atoms with Gasteiger partial charge in [-0.2, -0.15) is 0 Å². The minimum atomic E-state index is -0.743. The maximum atomic E-state index is 12.3. The van der Waals surface area contributed by atoms with Crippen LogP contribution in [0.15, 0.2) is 0 Å². The van der Waals surface area contributed by atoms with Gasteiger partial charge in [0.15, 0.2) is 0 Å². The van der Waals surface area contributed by atoms with Crippen molar-refractivity contribution in [3.8, 4) is 0 Å². The Kier molecular flexibility index (Phi) is 4.01. The molecule has 98 valence electrons. The number of rotatable bonds is 2. The lowest BCUT2D eigenvalue weighted by molar-refractivity contribution is -0.144. The highest BCUT2D eigenvalue weighted by molar-refractivity contribution is 5.91. The van der Waals surface area contributed by atoms with E-state index >= 15 is 0 Å². The molecule has 0 atom stereocenters. The van der Waals surface area contributed by atoms with Crippen LogP contribution in [0.2, 0.25) is 0 Å². The first-order valence-electron chi connectivity index (χ1n) is 6.18. The fourth-order valence-corrected chi connectivity index (χ4v) is 2.21. The van der Waals surface area contributed by atoms with E-state index in [0.29, 0.717) is 26.2 Å². The van der Waals surface area contributed by atoms with Crippen molar-refractivity contribution in [1.82, 2.24) is 14.7 Å². The van der Waals surface area contributed by atoms with Gasteiger partial charge in [0.05, 0.1) is 0 Å². The fourth-order valence-electron chi connectivity index (χ4n) is 2.21. The van der Waals surface area contributed by atoms with Crippen LogP contribution >= 0.6 is 0 Å². The zero-order valence-electron chi connectivity index (χ0n) is 11.5. The van der Waals surface area contributed by atoms with Crippen LogP contribution < -0.4 is 0 Å². The van der Waals surface area contributed by atoms with Crippen molar-refractivity contribution >= 4 is 11.9 Å². The highest BCUT2D eigenvalue weighted by atomic mass is 16.2. The third-order valence-electron chi connectivity index (χ3n) is 3.47. The van der Waals surface area contributed by atoms with Crippen LogP contribution in [-0.2, 0) is 4.79 Å². The molecule has 0 saturated carbocycles. The van der Waals surface area contributed by atoms with E-state index in [0.717, 1.165) is 0 Å². The Bertz CT molecular complexity index is 311. The summed E-state index contributed by atoms with van der Waals surface area (Å²) in [5.41, 5.74) is -0.743. The maximum absolute atomic E-state index is 12.3. The molecule has 0 N–H and O–H groups in total. The average molecular weight is 241 g/mol. The van der Waals surface area contributed by atoms with Gasteiger partial charge in [-0.05, 0) is 27.7 Å². The molecule has 1 aliphatic rings. The predicted molar refractivity (Wildman–Crippen MR) is 66.7 cm³/mol.